The molecule has 18 heavy (non-hydrogen) atoms. The molecule has 0 aliphatic heterocycles. The number of para-hydroxylation sites is 1. The smallest absolute Gasteiger partial charge is 0.256 e. The Morgan fingerprint density at radius 3 is 2.67 bits per heavy atom. The molecule has 0 saturated heterocycles. The van der Waals surface area contributed by atoms with E-state index in [2.05, 4.69) is 0 Å². The van der Waals surface area contributed by atoms with Crippen molar-refractivity contribution in [2.45, 2.75) is 13.5 Å². The summed E-state index contributed by atoms with van der Waals surface area (Å²) < 4.78 is 5.63. The highest BCUT2D eigenvalue weighted by Gasteiger charge is 2.09. The van der Waals surface area contributed by atoms with Gasteiger partial charge in [-0.25, -0.2) is 0 Å². The van der Waals surface area contributed by atoms with Gasteiger partial charge in [-0.2, -0.15) is 0 Å². The molecule has 0 fully saturated rings. The summed E-state index contributed by atoms with van der Waals surface area (Å²) in [5, 5.41) is -0.505. The summed E-state index contributed by atoms with van der Waals surface area (Å²) in [6, 6.07) is 15.0. The van der Waals surface area contributed by atoms with E-state index < -0.39 is 5.24 Å². The van der Waals surface area contributed by atoms with Crippen LogP contribution in [-0.4, -0.2) is 5.24 Å². The lowest BCUT2D eigenvalue weighted by Crippen LogP contribution is -2.00. The van der Waals surface area contributed by atoms with E-state index in [-0.39, 0.29) is 0 Å². The number of hydrogen-bond acceptors (Lipinski definition) is 2. The molecule has 0 spiro atoms. The Balaban J connectivity index is 2.13. The summed E-state index contributed by atoms with van der Waals surface area (Å²) in [6.45, 7) is 2.45. The molecular formula is C15H13ClO2. The molecule has 3 heteroatoms. The zero-order chi connectivity index (χ0) is 13.0. The molecule has 0 N–H and O–H groups in total. The number of aryl methyl sites for hydroxylation is 1. The fourth-order valence-electron chi connectivity index (χ4n) is 1.72. The van der Waals surface area contributed by atoms with Gasteiger partial charge in [-0.15, -0.1) is 0 Å². The van der Waals surface area contributed by atoms with E-state index in [1.807, 2.05) is 37.3 Å². The van der Waals surface area contributed by atoms with Crippen molar-refractivity contribution in [3.05, 3.63) is 65.2 Å². The van der Waals surface area contributed by atoms with Crippen LogP contribution in [0.5, 0.6) is 5.75 Å². The normalized spacial score (nSPS) is 10.1. The molecule has 0 radical (unpaired) electrons. The first-order chi connectivity index (χ1) is 8.66. The fourth-order valence-corrected chi connectivity index (χ4v) is 1.87. The van der Waals surface area contributed by atoms with Gasteiger partial charge in [0.05, 0.1) is 5.56 Å². The number of rotatable bonds is 4. The molecule has 2 aromatic carbocycles. The van der Waals surface area contributed by atoms with Crippen molar-refractivity contribution in [1.82, 2.24) is 0 Å². The fraction of sp³-hybridized carbons (Fsp3) is 0.133. The van der Waals surface area contributed by atoms with Crippen LogP contribution in [0.15, 0.2) is 48.5 Å². The molecule has 2 nitrogen and oxygen atoms in total. The summed E-state index contributed by atoms with van der Waals surface area (Å²) in [7, 11) is 0. The Bertz CT molecular complexity index is 564. The molecule has 0 bridgehead atoms. The lowest BCUT2D eigenvalue weighted by atomic mass is 10.1. The van der Waals surface area contributed by atoms with Gasteiger partial charge in [0.1, 0.15) is 12.4 Å². The second-order valence-corrected chi connectivity index (χ2v) is 4.39. The van der Waals surface area contributed by atoms with Crippen LogP contribution >= 0.6 is 11.6 Å². The van der Waals surface area contributed by atoms with E-state index >= 15 is 0 Å². The van der Waals surface area contributed by atoms with Crippen molar-refractivity contribution in [2.24, 2.45) is 0 Å². The number of halogens is 1. The minimum absolute atomic E-state index is 0.395. The predicted octanol–water partition coefficient (Wildman–Crippen LogP) is 3.95. The third-order valence-corrected chi connectivity index (χ3v) is 2.78. The van der Waals surface area contributed by atoms with E-state index in [9.17, 15) is 4.79 Å². The number of ether oxygens (including phenoxy) is 1. The second-order valence-electron chi connectivity index (χ2n) is 4.05. The minimum Gasteiger partial charge on any atom is -0.488 e. The maximum atomic E-state index is 11.2. The molecule has 0 aliphatic rings. The van der Waals surface area contributed by atoms with Crippen LogP contribution in [0.3, 0.4) is 0 Å². The summed E-state index contributed by atoms with van der Waals surface area (Å²) in [6.07, 6.45) is 0. The highest BCUT2D eigenvalue weighted by Crippen LogP contribution is 2.21. The van der Waals surface area contributed by atoms with Crippen LogP contribution in [0.4, 0.5) is 0 Å². The molecule has 0 amide bonds. The zero-order valence-electron chi connectivity index (χ0n) is 10.0. The quantitative estimate of drug-likeness (QED) is 0.778. The van der Waals surface area contributed by atoms with Gasteiger partial charge in [0.2, 0.25) is 0 Å². The Kier molecular flexibility index (Phi) is 4.00. The summed E-state index contributed by atoms with van der Waals surface area (Å²) in [5.41, 5.74) is 2.64. The van der Waals surface area contributed by atoms with Crippen LogP contribution in [0, 0.1) is 6.92 Å². The number of benzene rings is 2. The molecule has 2 rings (SSSR count). The molecule has 0 saturated carbocycles. The van der Waals surface area contributed by atoms with Gasteiger partial charge in [-0.3, -0.25) is 4.79 Å². The molecule has 0 aliphatic carbocycles. The zero-order valence-corrected chi connectivity index (χ0v) is 10.8. The standard InChI is InChI=1S/C15H13ClO2/c1-11-5-4-6-12(9-11)10-18-14-8-3-2-7-13(14)15(16)17/h2-9H,10H2,1H3. The van der Waals surface area contributed by atoms with Gasteiger partial charge in [0, 0.05) is 0 Å². The average Bonchev–Trinajstić information content (AvgIpc) is 2.37. The van der Waals surface area contributed by atoms with E-state index in [0.29, 0.717) is 17.9 Å². The SMILES string of the molecule is Cc1cccc(COc2ccccc2C(=O)Cl)c1. The van der Waals surface area contributed by atoms with Crippen LogP contribution in [0.25, 0.3) is 0 Å². The third kappa shape index (κ3) is 3.11. The van der Waals surface area contributed by atoms with Crippen molar-refractivity contribution in [3.8, 4) is 5.75 Å². The molecule has 0 atom stereocenters. The Morgan fingerprint density at radius 2 is 1.94 bits per heavy atom. The van der Waals surface area contributed by atoms with E-state index in [1.54, 1.807) is 18.2 Å². The summed E-state index contributed by atoms with van der Waals surface area (Å²) >= 11 is 5.50. The Labute approximate surface area is 111 Å². The van der Waals surface area contributed by atoms with Crippen molar-refractivity contribution in [2.75, 3.05) is 0 Å². The number of hydrogen-bond donors (Lipinski definition) is 0. The molecular weight excluding hydrogens is 248 g/mol. The predicted molar refractivity (Wildman–Crippen MR) is 72.1 cm³/mol. The number of carbonyl (C=O) groups excluding carboxylic acids is 1. The lowest BCUT2D eigenvalue weighted by molar-refractivity contribution is 0.107. The van der Waals surface area contributed by atoms with Crippen molar-refractivity contribution >= 4 is 16.8 Å². The summed E-state index contributed by atoms with van der Waals surface area (Å²) in [4.78, 5) is 11.2. The largest absolute Gasteiger partial charge is 0.488 e. The number of carbonyl (C=O) groups is 1. The Hall–Kier alpha value is -1.80. The monoisotopic (exact) mass is 260 g/mol. The summed E-state index contributed by atoms with van der Waals surface area (Å²) in [5.74, 6) is 0.513. The lowest BCUT2D eigenvalue weighted by Gasteiger charge is -2.09. The minimum atomic E-state index is -0.505. The topological polar surface area (TPSA) is 26.3 Å². The maximum absolute atomic E-state index is 11.2. The highest BCUT2D eigenvalue weighted by molar-refractivity contribution is 6.68. The van der Waals surface area contributed by atoms with Crippen LogP contribution in [0.1, 0.15) is 21.5 Å². The molecule has 2 aromatic rings. The van der Waals surface area contributed by atoms with Gasteiger partial charge in [-0.1, -0.05) is 42.0 Å². The third-order valence-electron chi connectivity index (χ3n) is 2.58. The van der Waals surface area contributed by atoms with Gasteiger partial charge in [-0.05, 0) is 36.2 Å². The van der Waals surface area contributed by atoms with Gasteiger partial charge < -0.3 is 4.74 Å². The van der Waals surface area contributed by atoms with Crippen LogP contribution in [0.2, 0.25) is 0 Å². The second kappa shape index (κ2) is 5.69. The maximum Gasteiger partial charge on any atom is 0.256 e. The van der Waals surface area contributed by atoms with Gasteiger partial charge in [0.25, 0.3) is 5.24 Å². The molecule has 0 aromatic heterocycles. The highest BCUT2D eigenvalue weighted by atomic mass is 35.5. The average molecular weight is 261 g/mol. The molecule has 0 heterocycles. The van der Waals surface area contributed by atoms with Crippen molar-refractivity contribution in [3.63, 3.8) is 0 Å². The Morgan fingerprint density at radius 1 is 1.17 bits per heavy atom. The van der Waals surface area contributed by atoms with Crippen LogP contribution < -0.4 is 4.74 Å². The van der Waals surface area contributed by atoms with E-state index in [0.717, 1.165) is 5.56 Å². The first-order valence-electron chi connectivity index (χ1n) is 5.64. The van der Waals surface area contributed by atoms with Crippen molar-refractivity contribution < 1.29 is 9.53 Å². The van der Waals surface area contributed by atoms with Crippen molar-refractivity contribution in [1.29, 1.82) is 0 Å². The van der Waals surface area contributed by atoms with E-state index in [4.69, 9.17) is 16.3 Å². The molecule has 0 unspecified atom stereocenters. The van der Waals surface area contributed by atoms with Gasteiger partial charge >= 0.3 is 0 Å². The first-order valence-corrected chi connectivity index (χ1v) is 6.02. The molecule has 92 valence electrons. The first kappa shape index (κ1) is 12.7. The van der Waals surface area contributed by atoms with Gasteiger partial charge in [0.15, 0.2) is 0 Å². The van der Waals surface area contributed by atoms with Crippen LogP contribution in [-0.2, 0) is 6.61 Å². The van der Waals surface area contributed by atoms with E-state index in [1.165, 1.54) is 5.56 Å².